The first-order valence-electron chi connectivity index (χ1n) is 3.39. The van der Waals surface area contributed by atoms with Crippen molar-refractivity contribution in [2.24, 2.45) is 16.8 Å². The van der Waals surface area contributed by atoms with E-state index < -0.39 is 0 Å². The molecule has 1 atom stereocenters. The maximum Gasteiger partial charge on any atom is 0.106 e. The highest BCUT2D eigenvalue weighted by molar-refractivity contribution is 5.90. The van der Waals surface area contributed by atoms with E-state index in [1.165, 1.54) is 0 Å². The molecule has 0 aliphatic carbocycles. The largest absolute Gasteiger partial charge is 0.399 e. The Bertz CT molecular complexity index is 135. The van der Waals surface area contributed by atoms with Crippen LogP contribution in [-0.4, -0.2) is 32.5 Å². The van der Waals surface area contributed by atoms with Crippen LogP contribution < -0.4 is 11.1 Å². The first-order chi connectivity index (χ1) is 4.88. The molecule has 1 fully saturated rings. The van der Waals surface area contributed by atoms with Gasteiger partial charge in [0.25, 0.3) is 0 Å². The summed E-state index contributed by atoms with van der Waals surface area (Å²) in [5, 5.41) is 7.02. The van der Waals surface area contributed by atoms with Gasteiger partial charge in [0.15, 0.2) is 0 Å². The average molecular weight is 143 g/mol. The van der Waals surface area contributed by atoms with Crippen LogP contribution in [0.4, 0.5) is 0 Å². The molecule has 0 bridgehead atoms. The van der Waals surface area contributed by atoms with Gasteiger partial charge >= 0.3 is 0 Å². The van der Waals surface area contributed by atoms with Gasteiger partial charge in [-0.3, -0.25) is 0 Å². The van der Waals surface area contributed by atoms with Crippen molar-refractivity contribution in [3.63, 3.8) is 0 Å². The molecule has 1 saturated heterocycles. The SMILES string of the molecule is CO/N=C1/CNC[C@H]1CN. The summed E-state index contributed by atoms with van der Waals surface area (Å²) in [7, 11) is 1.55. The van der Waals surface area contributed by atoms with Crippen LogP contribution in [0.2, 0.25) is 0 Å². The summed E-state index contributed by atoms with van der Waals surface area (Å²) in [6.45, 7) is 2.39. The van der Waals surface area contributed by atoms with E-state index in [1.807, 2.05) is 0 Å². The minimum absolute atomic E-state index is 0.375. The lowest BCUT2D eigenvalue weighted by atomic mass is 10.1. The number of hydrogen-bond acceptors (Lipinski definition) is 4. The number of nitrogens with two attached hydrogens (primary N) is 1. The molecule has 1 heterocycles. The molecule has 0 amide bonds. The summed E-state index contributed by atoms with van der Waals surface area (Å²) in [5.41, 5.74) is 6.51. The predicted molar refractivity (Wildman–Crippen MR) is 39.9 cm³/mol. The number of rotatable bonds is 2. The van der Waals surface area contributed by atoms with E-state index in [-0.39, 0.29) is 0 Å². The molecular weight excluding hydrogens is 130 g/mol. The van der Waals surface area contributed by atoms with Crippen molar-refractivity contribution in [2.75, 3.05) is 26.7 Å². The van der Waals surface area contributed by atoms with Crippen molar-refractivity contribution in [1.82, 2.24) is 5.32 Å². The van der Waals surface area contributed by atoms with E-state index in [4.69, 9.17) is 5.73 Å². The summed E-state index contributed by atoms with van der Waals surface area (Å²) in [4.78, 5) is 4.65. The molecular formula is C6H13N3O. The first-order valence-corrected chi connectivity index (χ1v) is 3.39. The fraction of sp³-hybridized carbons (Fsp3) is 0.833. The zero-order chi connectivity index (χ0) is 7.40. The van der Waals surface area contributed by atoms with Crippen LogP contribution in [-0.2, 0) is 4.84 Å². The molecule has 1 aliphatic rings. The van der Waals surface area contributed by atoms with E-state index >= 15 is 0 Å². The van der Waals surface area contributed by atoms with Crippen LogP contribution in [0.25, 0.3) is 0 Å². The molecule has 1 rings (SSSR count). The second kappa shape index (κ2) is 3.53. The fourth-order valence-electron chi connectivity index (χ4n) is 1.08. The number of oxime groups is 1. The van der Waals surface area contributed by atoms with Gasteiger partial charge < -0.3 is 15.9 Å². The monoisotopic (exact) mass is 143 g/mol. The maximum absolute atomic E-state index is 5.48. The Morgan fingerprint density at radius 2 is 2.70 bits per heavy atom. The smallest absolute Gasteiger partial charge is 0.106 e. The zero-order valence-electron chi connectivity index (χ0n) is 6.13. The van der Waals surface area contributed by atoms with Crippen LogP contribution >= 0.6 is 0 Å². The third-order valence-electron chi connectivity index (χ3n) is 1.66. The Hall–Kier alpha value is -0.610. The van der Waals surface area contributed by atoms with Gasteiger partial charge in [0, 0.05) is 25.6 Å². The van der Waals surface area contributed by atoms with Crippen LogP contribution in [0.15, 0.2) is 5.16 Å². The van der Waals surface area contributed by atoms with Gasteiger partial charge in [-0.1, -0.05) is 5.16 Å². The molecule has 0 spiro atoms. The Labute approximate surface area is 60.4 Å². The summed E-state index contributed by atoms with van der Waals surface area (Å²) in [6.07, 6.45) is 0. The second-order valence-electron chi connectivity index (χ2n) is 2.33. The average Bonchev–Trinajstić information content (AvgIpc) is 2.36. The fourth-order valence-corrected chi connectivity index (χ4v) is 1.08. The van der Waals surface area contributed by atoms with Crippen LogP contribution in [0, 0.1) is 5.92 Å². The highest BCUT2D eigenvalue weighted by Gasteiger charge is 2.20. The topological polar surface area (TPSA) is 59.6 Å². The van der Waals surface area contributed by atoms with Crippen molar-refractivity contribution in [3.05, 3.63) is 0 Å². The predicted octanol–water partition coefficient (Wildman–Crippen LogP) is -0.833. The van der Waals surface area contributed by atoms with E-state index in [2.05, 4.69) is 15.3 Å². The lowest BCUT2D eigenvalue weighted by molar-refractivity contribution is 0.211. The molecule has 58 valence electrons. The minimum Gasteiger partial charge on any atom is -0.399 e. The minimum atomic E-state index is 0.375. The Morgan fingerprint density at radius 3 is 3.30 bits per heavy atom. The zero-order valence-corrected chi connectivity index (χ0v) is 6.13. The lowest BCUT2D eigenvalue weighted by Crippen LogP contribution is -2.22. The van der Waals surface area contributed by atoms with Crippen LogP contribution in [0.5, 0.6) is 0 Å². The highest BCUT2D eigenvalue weighted by Crippen LogP contribution is 2.02. The van der Waals surface area contributed by atoms with Crippen LogP contribution in [0.1, 0.15) is 0 Å². The Kier molecular flexibility index (Phi) is 2.65. The van der Waals surface area contributed by atoms with E-state index in [9.17, 15) is 0 Å². The quantitative estimate of drug-likeness (QED) is 0.496. The molecule has 0 aromatic rings. The summed E-state index contributed by atoms with van der Waals surface area (Å²) in [5.74, 6) is 0.375. The molecule has 4 heteroatoms. The molecule has 4 nitrogen and oxygen atoms in total. The van der Waals surface area contributed by atoms with E-state index in [0.717, 1.165) is 18.8 Å². The lowest BCUT2D eigenvalue weighted by Gasteiger charge is -2.03. The third kappa shape index (κ3) is 1.46. The Balaban J connectivity index is 2.49. The summed E-state index contributed by atoms with van der Waals surface area (Å²) < 4.78 is 0. The molecule has 0 radical (unpaired) electrons. The van der Waals surface area contributed by atoms with Crippen molar-refractivity contribution < 1.29 is 4.84 Å². The molecule has 3 N–H and O–H groups in total. The van der Waals surface area contributed by atoms with E-state index in [1.54, 1.807) is 7.11 Å². The molecule has 1 aliphatic heterocycles. The van der Waals surface area contributed by atoms with Gasteiger partial charge in [-0.25, -0.2) is 0 Å². The Morgan fingerprint density at radius 1 is 1.90 bits per heavy atom. The molecule has 0 unspecified atom stereocenters. The highest BCUT2D eigenvalue weighted by atomic mass is 16.6. The van der Waals surface area contributed by atoms with Gasteiger partial charge in [-0.05, 0) is 0 Å². The molecule has 0 saturated carbocycles. The van der Waals surface area contributed by atoms with Crippen molar-refractivity contribution in [2.45, 2.75) is 0 Å². The molecule has 0 aromatic heterocycles. The van der Waals surface area contributed by atoms with Gasteiger partial charge in [-0.2, -0.15) is 0 Å². The van der Waals surface area contributed by atoms with Crippen molar-refractivity contribution in [3.8, 4) is 0 Å². The number of nitrogens with one attached hydrogen (secondary N) is 1. The maximum atomic E-state index is 5.48. The van der Waals surface area contributed by atoms with Gasteiger partial charge in [0.2, 0.25) is 0 Å². The molecule has 0 aromatic carbocycles. The molecule has 10 heavy (non-hydrogen) atoms. The van der Waals surface area contributed by atoms with Crippen LogP contribution in [0.3, 0.4) is 0 Å². The van der Waals surface area contributed by atoms with E-state index in [0.29, 0.717) is 12.5 Å². The number of hydrogen-bond donors (Lipinski definition) is 2. The van der Waals surface area contributed by atoms with Gasteiger partial charge in [0.1, 0.15) is 7.11 Å². The van der Waals surface area contributed by atoms with Crippen molar-refractivity contribution >= 4 is 5.71 Å². The summed E-state index contributed by atoms with van der Waals surface area (Å²) in [6, 6.07) is 0. The van der Waals surface area contributed by atoms with Crippen molar-refractivity contribution in [1.29, 1.82) is 0 Å². The third-order valence-corrected chi connectivity index (χ3v) is 1.66. The van der Waals surface area contributed by atoms with Gasteiger partial charge in [-0.15, -0.1) is 0 Å². The number of nitrogens with zero attached hydrogens (tertiary/aromatic N) is 1. The normalized spacial score (nSPS) is 29.4. The van der Waals surface area contributed by atoms with Gasteiger partial charge in [0.05, 0.1) is 5.71 Å². The first kappa shape index (κ1) is 7.50. The summed E-state index contributed by atoms with van der Waals surface area (Å²) >= 11 is 0. The standard InChI is InChI=1S/C6H13N3O/c1-10-9-6-4-8-3-5(6)2-7/h5,8H,2-4,7H2,1H3/b9-6-/t5-/m1/s1. The second-order valence-corrected chi connectivity index (χ2v) is 2.33.